The van der Waals surface area contributed by atoms with Gasteiger partial charge in [0.2, 0.25) is 5.83 Å². The molecule has 4 N–H and O–H groups in total. The molecule has 26 heavy (non-hydrogen) atoms. The van der Waals surface area contributed by atoms with Gasteiger partial charge in [-0.05, 0) is 11.6 Å². The minimum Gasteiger partial charge on any atom is -0.443 e. The molecule has 2 aliphatic heterocycles. The van der Waals surface area contributed by atoms with Gasteiger partial charge in [-0.15, -0.1) is 0 Å². The molecule has 0 radical (unpaired) electrons. The van der Waals surface area contributed by atoms with Crippen molar-refractivity contribution in [3.05, 3.63) is 48.1 Å². The first-order valence-electron chi connectivity index (χ1n) is 8.09. The van der Waals surface area contributed by atoms with Gasteiger partial charge in [-0.3, -0.25) is 9.59 Å². The number of hydrogen-bond donors (Lipinski definition) is 3. The first-order chi connectivity index (χ1) is 12.5. The third-order valence-electron chi connectivity index (χ3n) is 4.34. The monoisotopic (exact) mass is 360 g/mol. The molecule has 0 bridgehead atoms. The molecule has 1 amide bonds. The summed E-state index contributed by atoms with van der Waals surface area (Å²) in [4.78, 5) is 27.9. The molecule has 1 saturated heterocycles. The second-order valence-corrected chi connectivity index (χ2v) is 6.17. The van der Waals surface area contributed by atoms with Crippen LogP contribution in [0.5, 0.6) is 0 Å². The van der Waals surface area contributed by atoms with Gasteiger partial charge in [0, 0.05) is 29.7 Å². The molecule has 4 rings (SSSR count). The summed E-state index contributed by atoms with van der Waals surface area (Å²) in [6.45, 7) is -0.260. The van der Waals surface area contributed by atoms with Crippen LogP contribution in [0.15, 0.2) is 42.5 Å². The van der Waals surface area contributed by atoms with Gasteiger partial charge < -0.3 is 30.4 Å². The van der Waals surface area contributed by atoms with E-state index in [1.807, 2.05) is 30.5 Å². The summed E-state index contributed by atoms with van der Waals surface area (Å²) in [7, 11) is 0. The Hall–Kier alpha value is -2.91. The number of nitrogens with zero attached hydrogens (tertiary/aromatic N) is 1. The molecule has 0 saturated carbocycles. The maximum Gasteiger partial charge on any atom is 0.324 e. The van der Waals surface area contributed by atoms with Crippen LogP contribution in [0, 0.1) is 0 Å². The van der Waals surface area contributed by atoms with Gasteiger partial charge in [-0.2, -0.15) is 4.39 Å². The van der Waals surface area contributed by atoms with Crippen molar-refractivity contribution in [2.75, 3.05) is 6.73 Å². The summed E-state index contributed by atoms with van der Waals surface area (Å²) < 4.78 is 23.9. The number of carbonyl (C=O) groups is 2. The van der Waals surface area contributed by atoms with Gasteiger partial charge >= 0.3 is 5.97 Å². The molecule has 1 aromatic carbocycles. The van der Waals surface area contributed by atoms with E-state index in [4.69, 9.17) is 15.2 Å². The van der Waals surface area contributed by atoms with Gasteiger partial charge in [0.05, 0.1) is 0 Å². The Kier molecular flexibility index (Phi) is 4.09. The Labute approximate surface area is 147 Å². The average molecular weight is 360 g/mol. The van der Waals surface area contributed by atoms with E-state index < -0.39 is 36.2 Å². The van der Waals surface area contributed by atoms with Gasteiger partial charge in [0.1, 0.15) is 6.04 Å². The maximum atomic E-state index is 13.5. The Balaban J connectivity index is 1.36. The van der Waals surface area contributed by atoms with Crippen LogP contribution in [-0.4, -0.2) is 47.0 Å². The number of esters is 1. The number of hydrogen-bond acceptors (Lipinski definition) is 6. The van der Waals surface area contributed by atoms with Crippen LogP contribution >= 0.6 is 0 Å². The predicted molar refractivity (Wildman–Crippen MR) is 88.8 cm³/mol. The van der Waals surface area contributed by atoms with E-state index >= 15 is 0 Å². The highest BCUT2D eigenvalue weighted by Gasteiger charge is 2.47. The van der Waals surface area contributed by atoms with Crippen LogP contribution in [-0.2, 0) is 25.5 Å². The van der Waals surface area contributed by atoms with Crippen LogP contribution in [0.25, 0.3) is 10.9 Å². The molecule has 3 unspecified atom stereocenters. The number of para-hydroxylation sites is 1. The van der Waals surface area contributed by atoms with E-state index in [9.17, 15) is 14.0 Å². The van der Waals surface area contributed by atoms with E-state index in [2.05, 4.69) is 10.3 Å². The summed E-state index contributed by atoms with van der Waals surface area (Å²) in [6, 6.07) is 6.83. The predicted octanol–water partition coefficient (Wildman–Crippen LogP) is 0.464. The number of nitrogens with one attached hydrogen (secondary N) is 2. The van der Waals surface area contributed by atoms with Gasteiger partial charge in [-0.25, -0.2) is 0 Å². The number of benzene rings is 1. The van der Waals surface area contributed by atoms with Crippen molar-refractivity contribution in [2.24, 2.45) is 5.73 Å². The average Bonchev–Trinajstić information content (AvgIpc) is 3.30. The molecule has 1 fully saturated rings. The van der Waals surface area contributed by atoms with Crippen molar-refractivity contribution in [1.29, 1.82) is 0 Å². The highest BCUT2D eigenvalue weighted by molar-refractivity contribution is 5.91. The van der Waals surface area contributed by atoms with Gasteiger partial charge in [0.15, 0.2) is 19.2 Å². The number of epoxide rings is 1. The summed E-state index contributed by atoms with van der Waals surface area (Å²) in [5.74, 6) is -2.45. The highest BCUT2D eigenvalue weighted by atomic mass is 19.1. The summed E-state index contributed by atoms with van der Waals surface area (Å²) in [5.41, 5.74) is 7.82. The lowest BCUT2D eigenvalue weighted by Gasteiger charge is -2.18. The molecule has 0 aliphatic carbocycles. The normalized spacial score (nSPS) is 22.9. The van der Waals surface area contributed by atoms with Crippen molar-refractivity contribution < 1.29 is 23.5 Å². The lowest BCUT2D eigenvalue weighted by molar-refractivity contribution is -0.149. The summed E-state index contributed by atoms with van der Waals surface area (Å²) in [5, 5.41) is 3.33. The molecule has 3 heterocycles. The van der Waals surface area contributed by atoms with Gasteiger partial charge in [-0.1, -0.05) is 18.2 Å². The number of carbonyl (C=O) groups excluding carboxylic acids is 2. The highest BCUT2D eigenvalue weighted by Crippen LogP contribution is 2.27. The third-order valence-corrected chi connectivity index (χ3v) is 4.34. The topological polar surface area (TPSA) is 113 Å². The fourth-order valence-electron chi connectivity index (χ4n) is 2.91. The minimum atomic E-state index is -0.972. The molecule has 9 heteroatoms. The van der Waals surface area contributed by atoms with Crippen LogP contribution in [0.2, 0.25) is 0 Å². The molecule has 1 aromatic heterocycles. The van der Waals surface area contributed by atoms with Crippen molar-refractivity contribution in [3.8, 4) is 0 Å². The van der Waals surface area contributed by atoms with Crippen LogP contribution in [0.3, 0.4) is 0 Å². The first-order valence-corrected chi connectivity index (χ1v) is 8.09. The largest absolute Gasteiger partial charge is 0.443 e. The van der Waals surface area contributed by atoms with Crippen molar-refractivity contribution in [3.63, 3.8) is 0 Å². The second-order valence-electron chi connectivity index (χ2n) is 6.17. The number of halogens is 1. The molecular weight excluding hydrogens is 343 g/mol. The number of aromatic amines is 1. The number of amides is 1. The Morgan fingerprint density at radius 2 is 2.23 bits per heavy atom. The molecule has 3 atom stereocenters. The first kappa shape index (κ1) is 16.6. The smallest absolute Gasteiger partial charge is 0.324 e. The third kappa shape index (κ3) is 3.14. The molecule has 8 nitrogen and oxygen atoms in total. The van der Waals surface area contributed by atoms with Crippen LogP contribution in [0.1, 0.15) is 5.56 Å². The Bertz CT molecular complexity index is 896. The molecule has 0 spiro atoms. The van der Waals surface area contributed by atoms with Crippen LogP contribution in [0.4, 0.5) is 4.39 Å². The second kappa shape index (κ2) is 6.43. The molecular formula is C17H17FN4O4. The number of rotatable bonds is 5. The van der Waals surface area contributed by atoms with E-state index in [1.165, 1.54) is 4.90 Å². The van der Waals surface area contributed by atoms with Crippen molar-refractivity contribution >= 4 is 22.8 Å². The van der Waals surface area contributed by atoms with E-state index in [0.717, 1.165) is 22.7 Å². The maximum absolute atomic E-state index is 13.5. The number of aromatic nitrogens is 1. The van der Waals surface area contributed by atoms with Gasteiger partial charge in [0.25, 0.3) is 5.91 Å². The molecule has 2 aliphatic rings. The fourth-order valence-corrected chi connectivity index (χ4v) is 2.91. The zero-order valence-electron chi connectivity index (χ0n) is 13.6. The van der Waals surface area contributed by atoms with Crippen LogP contribution < -0.4 is 11.1 Å². The SMILES string of the molecule is NC(Cc1c[nH]c2ccccc12)C(=O)OCN1C=C(F)C(=O)NC2OC21. The number of ether oxygens (including phenoxy) is 2. The zero-order chi connectivity index (χ0) is 18.3. The fraction of sp³-hybridized carbons (Fsp3) is 0.294. The molecule has 136 valence electrons. The lowest BCUT2D eigenvalue weighted by Crippen LogP contribution is -2.37. The van der Waals surface area contributed by atoms with E-state index in [-0.39, 0.29) is 6.73 Å². The lowest BCUT2D eigenvalue weighted by atomic mass is 10.1. The summed E-state index contributed by atoms with van der Waals surface area (Å²) in [6.07, 6.45) is 1.92. The quantitative estimate of drug-likeness (QED) is 0.528. The number of H-pyrrole nitrogens is 1. The van der Waals surface area contributed by atoms with E-state index in [1.54, 1.807) is 0 Å². The Morgan fingerprint density at radius 1 is 1.42 bits per heavy atom. The van der Waals surface area contributed by atoms with Crippen molar-refractivity contribution in [1.82, 2.24) is 15.2 Å². The Morgan fingerprint density at radius 3 is 3.08 bits per heavy atom. The summed E-state index contributed by atoms with van der Waals surface area (Å²) >= 11 is 0. The molecule has 2 aromatic rings. The number of fused-ring (bicyclic) bond motifs is 2. The van der Waals surface area contributed by atoms with E-state index in [0.29, 0.717) is 6.42 Å². The standard InChI is InChI=1S/C17H17FN4O4/c18-11-7-22(16-15(26-16)21-14(11)23)8-25-17(24)12(19)5-9-6-20-13-4-2-1-3-10(9)13/h1-4,6-7,12,15-16,20H,5,8,19H2,(H,21,23). The van der Waals surface area contributed by atoms with Crippen molar-refractivity contribution in [2.45, 2.75) is 24.9 Å². The minimum absolute atomic E-state index is 0.260. The number of nitrogens with two attached hydrogens (primary N) is 1. The zero-order valence-corrected chi connectivity index (χ0v) is 13.6.